The quantitative estimate of drug-likeness (QED) is 0.776. The van der Waals surface area contributed by atoms with Gasteiger partial charge >= 0.3 is 0 Å². The van der Waals surface area contributed by atoms with Crippen molar-refractivity contribution in [2.75, 3.05) is 11.1 Å². The standard InChI is InChI=1S/C12H10N4OS2/c13-11-14-7(6-18-11)5-10(17)16-12-15-8-3-1-2-4-9(8)19-12/h1-4,6H,5H2,(H2,13,14)(H,15,16,17). The molecule has 96 valence electrons. The summed E-state index contributed by atoms with van der Waals surface area (Å²) in [6.45, 7) is 0. The Kier molecular flexibility index (Phi) is 3.14. The first-order chi connectivity index (χ1) is 9.20. The Balaban J connectivity index is 1.72. The Morgan fingerprint density at radius 1 is 1.32 bits per heavy atom. The predicted molar refractivity (Wildman–Crippen MR) is 78.5 cm³/mol. The summed E-state index contributed by atoms with van der Waals surface area (Å²) < 4.78 is 1.05. The lowest BCUT2D eigenvalue weighted by molar-refractivity contribution is -0.115. The molecule has 1 amide bonds. The maximum atomic E-state index is 11.8. The molecule has 7 heteroatoms. The van der Waals surface area contributed by atoms with Gasteiger partial charge < -0.3 is 11.1 Å². The lowest BCUT2D eigenvalue weighted by Crippen LogP contribution is -2.14. The zero-order valence-electron chi connectivity index (χ0n) is 9.79. The smallest absolute Gasteiger partial charge is 0.232 e. The van der Waals surface area contributed by atoms with Gasteiger partial charge in [-0.2, -0.15) is 0 Å². The number of nitrogens with two attached hydrogens (primary N) is 1. The zero-order chi connectivity index (χ0) is 13.2. The highest BCUT2D eigenvalue weighted by atomic mass is 32.1. The lowest BCUT2D eigenvalue weighted by atomic mass is 10.3. The number of anilines is 2. The van der Waals surface area contributed by atoms with Gasteiger partial charge in [0.25, 0.3) is 0 Å². The molecule has 0 spiro atoms. The van der Waals surface area contributed by atoms with E-state index in [2.05, 4.69) is 15.3 Å². The molecule has 0 bridgehead atoms. The van der Waals surface area contributed by atoms with Crippen molar-refractivity contribution in [2.45, 2.75) is 6.42 Å². The van der Waals surface area contributed by atoms with Gasteiger partial charge in [0.05, 0.1) is 22.3 Å². The Morgan fingerprint density at radius 3 is 2.89 bits per heavy atom. The first-order valence-corrected chi connectivity index (χ1v) is 7.25. The summed E-state index contributed by atoms with van der Waals surface area (Å²) in [5.41, 5.74) is 7.09. The molecular weight excluding hydrogens is 280 g/mol. The average molecular weight is 290 g/mol. The Morgan fingerprint density at radius 2 is 2.16 bits per heavy atom. The largest absolute Gasteiger partial charge is 0.375 e. The summed E-state index contributed by atoms with van der Waals surface area (Å²) in [4.78, 5) is 20.2. The van der Waals surface area contributed by atoms with Crippen LogP contribution in [0, 0.1) is 0 Å². The second-order valence-corrected chi connectivity index (χ2v) is 5.81. The maximum absolute atomic E-state index is 11.8. The third kappa shape index (κ3) is 2.72. The molecule has 2 heterocycles. The summed E-state index contributed by atoms with van der Waals surface area (Å²) >= 11 is 2.79. The predicted octanol–water partition coefficient (Wildman–Crippen LogP) is 2.52. The van der Waals surface area contributed by atoms with Gasteiger partial charge in [-0.1, -0.05) is 23.5 Å². The van der Waals surface area contributed by atoms with E-state index in [4.69, 9.17) is 5.73 Å². The van der Waals surface area contributed by atoms with E-state index in [9.17, 15) is 4.79 Å². The van der Waals surface area contributed by atoms with Crippen molar-refractivity contribution >= 4 is 49.1 Å². The summed E-state index contributed by atoms with van der Waals surface area (Å²) in [6, 6.07) is 7.77. The number of rotatable bonds is 3. The number of thiazole rings is 2. The van der Waals surface area contributed by atoms with Crippen molar-refractivity contribution in [3.63, 3.8) is 0 Å². The molecule has 0 aliphatic heterocycles. The number of benzene rings is 1. The molecule has 0 aliphatic rings. The van der Waals surface area contributed by atoms with Gasteiger partial charge in [0, 0.05) is 5.38 Å². The van der Waals surface area contributed by atoms with Crippen LogP contribution in [0.2, 0.25) is 0 Å². The van der Waals surface area contributed by atoms with Crippen molar-refractivity contribution in [2.24, 2.45) is 0 Å². The number of nitrogens with zero attached hydrogens (tertiary/aromatic N) is 2. The van der Waals surface area contributed by atoms with Crippen molar-refractivity contribution in [1.29, 1.82) is 0 Å². The Hall–Kier alpha value is -1.99. The summed E-state index contributed by atoms with van der Waals surface area (Å²) in [6.07, 6.45) is 0.212. The van der Waals surface area contributed by atoms with Crippen LogP contribution in [0.5, 0.6) is 0 Å². The van der Waals surface area contributed by atoms with Gasteiger partial charge in [0.2, 0.25) is 5.91 Å². The average Bonchev–Trinajstić information content (AvgIpc) is 2.94. The van der Waals surface area contributed by atoms with Crippen LogP contribution in [-0.2, 0) is 11.2 Å². The van der Waals surface area contributed by atoms with Crippen LogP contribution in [0.15, 0.2) is 29.6 Å². The van der Waals surface area contributed by atoms with Gasteiger partial charge in [-0.15, -0.1) is 11.3 Å². The maximum Gasteiger partial charge on any atom is 0.232 e. The van der Waals surface area contributed by atoms with Crippen molar-refractivity contribution in [1.82, 2.24) is 9.97 Å². The van der Waals surface area contributed by atoms with E-state index in [0.29, 0.717) is 16.0 Å². The van der Waals surface area contributed by atoms with E-state index in [1.807, 2.05) is 24.3 Å². The monoisotopic (exact) mass is 290 g/mol. The molecule has 0 aliphatic carbocycles. The molecule has 5 nitrogen and oxygen atoms in total. The van der Waals surface area contributed by atoms with Gasteiger partial charge in [-0.3, -0.25) is 4.79 Å². The minimum Gasteiger partial charge on any atom is -0.375 e. The molecular formula is C12H10N4OS2. The van der Waals surface area contributed by atoms with Crippen LogP contribution in [0.4, 0.5) is 10.3 Å². The number of aromatic nitrogens is 2. The van der Waals surface area contributed by atoms with Crippen LogP contribution in [0.1, 0.15) is 5.69 Å². The van der Waals surface area contributed by atoms with Crippen LogP contribution < -0.4 is 11.1 Å². The third-order valence-corrected chi connectivity index (χ3v) is 4.13. The van der Waals surface area contributed by atoms with E-state index in [1.54, 1.807) is 5.38 Å². The number of carbonyl (C=O) groups excluding carboxylic acids is 1. The first kappa shape index (κ1) is 12.1. The van der Waals surface area contributed by atoms with E-state index < -0.39 is 0 Å². The minimum absolute atomic E-state index is 0.135. The molecule has 2 aromatic heterocycles. The highest BCUT2D eigenvalue weighted by Gasteiger charge is 2.10. The summed E-state index contributed by atoms with van der Waals surface area (Å²) in [5.74, 6) is -0.135. The van der Waals surface area contributed by atoms with Gasteiger partial charge in [0.15, 0.2) is 10.3 Å². The molecule has 0 saturated carbocycles. The molecule has 0 radical (unpaired) electrons. The number of amides is 1. The van der Waals surface area contributed by atoms with Crippen LogP contribution >= 0.6 is 22.7 Å². The second-order valence-electron chi connectivity index (χ2n) is 3.89. The fraction of sp³-hybridized carbons (Fsp3) is 0.0833. The van der Waals surface area contributed by atoms with E-state index in [1.165, 1.54) is 22.7 Å². The molecule has 1 aromatic carbocycles. The number of para-hydroxylation sites is 1. The van der Waals surface area contributed by atoms with Crippen LogP contribution in [0.25, 0.3) is 10.2 Å². The number of carbonyl (C=O) groups is 1. The molecule has 0 unspecified atom stereocenters. The molecule has 3 N–H and O–H groups in total. The van der Waals surface area contributed by atoms with Crippen molar-refractivity contribution in [3.05, 3.63) is 35.3 Å². The lowest BCUT2D eigenvalue weighted by Gasteiger charge is -1.98. The second kappa shape index (κ2) is 4.94. The molecule has 0 fully saturated rings. The highest BCUT2D eigenvalue weighted by Crippen LogP contribution is 2.25. The van der Waals surface area contributed by atoms with Gasteiger partial charge in [-0.25, -0.2) is 9.97 Å². The molecule has 0 atom stereocenters. The SMILES string of the molecule is Nc1nc(CC(=O)Nc2nc3ccccc3s2)cs1. The zero-order valence-corrected chi connectivity index (χ0v) is 11.4. The summed E-state index contributed by atoms with van der Waals surface area (Å²) in [5, 5.41) is 5.65. The topological polar surface area (TPSA) is 80.9 Å². The Bertz CT molecular complexity index is 701. The minimum atomic E-state index is -0.135. The number of nitrogen functional groups attached to an aromatic ring is 1. The number of hydrogen-bond acceptors (Lipinski definition) is 6. The fourth-order valence-corrected chi connectivity index (χ4v) is 3.10. The number of nitrogens with one attached hydrogen (secondary N) is 1. The van der Waals surface area contributed by atoms with E-state index >= 15 is 0 Å². The third-order valence-electron chi connectivity index (χ3n) is 2.45. The van der Waals surface area contributed by atoms with Gasteiger partial charge in [0.1, 0.15) is 0 Å². The van der Waals surface area contributed by atoms with Crippen LogP contribution in [-0.4, -0.2) is 15.9 Å². The molecule has 0 saturated heterocycles. The van der Waals surface area contributed by atoms with E-state index in [0.717, 1.165) is 10.2 Å². The van der Waals surface area contributed by atoms with Gasteiger partial charge in [-0.05, 0) is 12.1 Å². The van der Waals surface area contributed by atoms with Crippen LogP contribution in [0.3, 0.4) is 0 Å². The normalized spacial score (nSPS) is 10.7. The fourth-order valence-electron chi connectivity index (χ4n) is 1.66. The Labute approximate surface area is 117 Å². The molecule has 19 heavy (non-hydrogen) atoms. The van der Waals surface area contributed by atoms with E-state index in [-0.39, 0.29) is 12.3 Å². The first-order valence-electron chi connectivity index (χ1n) is 5.56. The van der Waals surface area contributed by atoms with Crippen molar-refractivity contribution in [3.8, 4) is 0 Å². The molecule has 3 aromatic rings. The number of fused-ring (bicyclic) bond motifs is 1. The molecule has 3 rings (SSSR count). The van der Waals surface area contributed by atoms with Crippen molar-refractivity contribution < 1.29 is 4.79 Å². The summed E-state index contributed by atoms with van der Waals surface area (Å²) in [7, 11) is 0. The number of hydrogen-bond donors (Lipinski definition) is 2. The highest BCUT2D eigenvalue weighted by molar-refractivity contribution is 7.22.